The minimum atomic E-state index is 0.0277. The van der Waals surface area contributed by atoms with Crippen molar-refractivity contribution in [2.24, 2.45) is 7.05 Å². The van der Waals surface area contributed by atoms with Crippen molar-refractivity contribution in [1.29, 1.82) is 0 Å². The van der Waals surface area contributed by atoms with E-state index in [9.17, 15) is 0 Å². The summed E-state index contributed by atoms with van der Waals surface area (Å²) in [5, 5.41) is 7.69. The molecule has 4 heterocycles. The molecular weight excluding hydrogens is 531 g/mol. The van der Waals surface area contributed by atoms with E-state index in [2.05, 4.69) is 135 Å². The van der Waals surface area contributed by atoms with E-state index >= 15 is 0 Å². The van der Waals surface area contributed by atoms with Gasteiger partial charge >= 0.3 is 0 Å². The minimum Gasteiger partial charge on any atom is -0.294 e. The number of hydrogen-bond donors (Lipinski definition) is 0. The van der Waals surface area contributed by atoms with Crippen LogP contribution in [0.15, 0.2) is 103 Å². The molecule has 0 unspecified atom stereocenters. The number of para-hydroxylation sites is 1. The molecule has 0 saturated carbocycles. The summed E-state index contributed by atoms with van der Waals surface area (Å²) >= 11 is 1.89. The van der Waals surface area contributed by atoms with E-state index in [0.717, 1.165) is 11.3 Å². The average Bonchev–Trinajstić information content (AvgIpc) is 3.52. The van der Waals surface area contributed by atoms with Gasteiger partial charge in [0.25, 0.3) is 0 Å². The maximum absolute atomic E-state index is 4.81. The first-order valence-electron chi connectivity index (χ1n) is 14.5. The molecule has 4 aromatic heterocycles. The third-order valence-corrected chi connectivity index (χ3v) is 9.99. The zero-order chi connectivity index (χ0) is 28.7. The smallest absolute Gasteiger partial charge is 0.230 e. The Morgan fingerprint density at radius 1 is 0.738 bits per heavy atom. The van der Waals surface area contributed by atoms with Crippen LogP contribution in [-0.2, 0) is 12.5 Å². The lowest BCUT2D eigenvalue weighted by molar-refractivity contribution is -0.659. The summed E-state index contributed by atoms with van der Waals surface area (Å²) in [5.41, 5.74) is 8.65. The highest BCUT2D eigenvalue weighted by Crippen LogP contribution is 2.43. The molecule has 0 N–H and O–H groups in total. The maximum atomic E-state index is 4.81. The van der Waals surface area contributed by atoms with Crippen molar-refractivity contribution in [1.82, 2.24) is 9.55 Å². The number of pyridine rings is 2. The molecule has 4 aromatic carbocycles. The van der Waals surface area contributed by atoms with E-state index in [0.29, 0.717) is 0 Å². The lowest BCUT2D eigenvalue weighted by Gasteiger charge is -2.24. The van der Waals surface area contributed by atoms with Gasteiger partial charge in [-0.25, -0.2) is 4.98 Å². The Hall–Kier alpha value is -4.54. The van der Waals surface area contributed by atoms with Crippen LogP contribution in [0.5, 0.6) is 0 Å². The first-order valence-corrected chi connectivity index (χ1v) is 15.4. The van der Waals surface area contributed by atoms with Crippen LogP contribution >= 0.6 is 11.3 Å². The van der Waals surface area contributed by atoms with Gasteiger partial charge in [0, 0.05) is 44.2 Å². The second-order valence-electron chi connectivity index (χ2n) is 12.4. The molecular formula is C38H32N3S+. The molecule has 0 amide bonds. The van der Waals surface area contributed by atoms with Crippen molar-refractivity contribution in [3.63, 3.8) is 0 Å². The van der Waals surface area contributed by atoms with Gasteiger partial charge in [0.1, 0.15) is 17.4 Å². The number of thiophene rings is 1. The number of aromatic nitrogens is 3. The molecule has 0 aliphatic heterocycles. The molecule has 0 aliphatic carbocycles. The highest BCUT2D eigenvalue weighted by molar-refractivity contribution is 7.26. The summed E-state index contributed by atoms with van der Waals surface area (Å²) in [6, 6.07) is 33.3. The van der Waals surface area contributed by atoms with Crippen LogP contribution in [0.3, 0.4) is 0 Å². The first-order chi connectivity index (χ1) is 20.3. The molecule has 0 fully saturated rings. The molecule has 0 atom stereocenters. The minimum absolute atomic E-state index is 0.0277. The molecule has 204 valence electrons. The third-order valence-electron chi connectivity index (χ3n) is 8.81. The van der Waals surface area contributed by atoms with Crippen molar-refractivity contribution in [3.8, 4) is 16.9 Å². The Kier molecular flexibility index (Phi) is 5.38. The fourth-order valence-corrected chi connectivity index (χ4v) is 8.09. The van der Waals surface area contributed by atoms with Crippen LogP contribution in [0.2, 0.25) is 0 Å². The largest absolute Gasteiger partial charge is 0.294 e. The molecule has 0 spiro atoms. The van der Waals surface area contributed by atoms with Crippen molar-refractivity contribution >= 4 is 64.2 Å². The molecule has 0 bridgehead atoms. The Morgan fingerprint density at radius 2 is 1.48 bits per heavy atom. The summed E-state index contributed by atoms with van der Waals surface area (Å²) in [7, 11) is 2.18. The number of nitrogens with zero attached hydrogens (tertiary/aromatic N) is 3. The highest BCUT2D eigenvalue weighted by atomic mass is 32.1. The SMILES string of the molecule is Cc1c(-c2c3sc4cc(-n5c6ccccc6c6cccnc65)ccc4c3cc[n+]2C)cc(C(C)(C)C)c2ccccc12. The predicted octanol–water partition coefficient (Wildman–Crippen LogP) is 9.80. The summed E-state index contributed by atoms with van der Waals surface area (Å²) in [6.45, 7) is 9.24. The number of fused-ring (bicyclic) bond motifs is 7. The second-order valence-corrected chi connectivity index (χ2v) is 13.5. The Labute approximate surface area is 249 Å². The van der Waals surface area contributed by atoms with Crippen molar-refractivity contribution in [3.05, 3.63) is 115 Å². The van der Waals surface area contributed by atoms with E-state index in [1.807, 2.05) is 23.6 Å². The number of aryl methyl sites for hydroxylation is 2. The molecule has 42 heavy (non-hydrogen) atoms. The van der Waals surface area contributed by atoms with Crippen LogP contribution in [0, 0.1) is 6.92 Å². The first kappa shape index (κ1) is 25.2. The second kappa shape index (κ2) is 8.98. The third kappa shape index (κ3) is 3.58. The lowest BCUT2D eigenvalue weighted by atomic mass is 9.80. The van der Waals surface area contributed by atoms with Crippen molar-refractivity contribution in [2.45, 2.75) is 33.1 Å². The van der Waals surface area contributed by atoms with Crippen LogP contribution < -0.4 is 4.57 Å². The maximum Gasteiger partial charge on any atom is 0.230 e. The zero-order valence-electron chi connectivity index (χ0n) is 24.6. The van der Waals surface area contributed by atoms with E-state index in [4.69, 9.17) is 4.98 Å². The van der Waals surface area contributed by atoms with Gasteiger partial charge in [0.15, 0.2) is 6.20 Å². The molecule has 0 saturated heterocycles. The topological polar surface area (TPSA) is 21.7 Å². The normalized spacial score (nSPS) is 12.4. The van der Waals surface area contributed by atoms with Crippen LogP contribution in [0.4, 0.5) is 0 Å². The van der Waals surface area contributed by atoms with E-state index in [1.54, 1.807) is 0 Å². The average molecular weight is 563 g/mol. The molecule has 3 nitrogen and oxygen atoms in total. The van der Waals surface area contributed by atoms with Crippen LogP contribution in [-0.4, -0.2) is 9.55 Å². The Balaban J connectivity index is 1.41. The molecule has 0 radical (unpaired) electrons. The Morgan fingerprint density at radius 3 is 2.29 bits per heavy atom. The van der Waals surface area contributed by atoms with Crippen molar-refractivity contribution in [2.75, 3.05) is 0 Å². The van der Waals surface area contributed by atoms with Gasteiger partial charge in [-0.15, -0.1) is 11.3 Å². The number of hydrogen-bond acceptors (Lipinski definition) is 2. The molecule has 4 heteroatoms. The van der Waals surface area contributed by atoms with E-state index in [-0.39, 0.29) is 5.41 Å². The molecule has 8 rings (SSSR count). The van der Waals surface area contributed by atoms with Gasteiger partial charge < -0.3 is 0 Å². The van der Waals surface area contributed by atoms with Gasteiger partial charge in [0.2, 0.25) is 5.69 Å². The van der Waals surface area contributed by atoms with Gasteiger partial charge in [-0.2, -0.15) is 4.57 Å². The summed E-state index contributed by atoms with van der Waals surface area (Å²) in [6.07, 6.45) is 4.11. The molecule has 0 aliphatic rings. The van der Waals surface area contributed by atoms with Gasteiger partial charge in [-0.1, -0.05) is 69.3 Å². The quantitative estimate of drug-likeness (QED) is 0.192. The van der Waals surface area contributed by atoms with E-state index in [1.165, 1.54) is 69.6 Å². The Bertz CT molecular complexity index is 2310. The monoisotopic (exact) mass is 562 g/mol. The fourth-order valence-electron chi connectivity index (χ4n) is 6.76. The summed E-state index contributed by atoms with van der Waals surface area (Å²) in [4.78, 5) is 4.81. The van der Waals surface area contributed by atoms with Crippen molar-refractivity contribution < 1.29 is 4.57 Å². The fraction of sp³-hybridized carbons (Fsp3) is 0.158. The van der Waals surface area contributed by atoms with Gasteiger partial charge in [0.05, 0.1) is 11.1 Å². The lowest BCUT2D eigenvalue weighted by Crippen LogP contribution is -2.30. The van der Waals surface area contributed by atoms with Gasteiger partial charge in [-0.3, -0.25) is 4.57 Å². The van der Waals surface area contributed by atoms with Crippen LogP contribution in [0.1, 0.15) is 31.9 Å². The summed E-state index contributed by atoms with van der Waals surface area (Å²) in [5.74, 6) is 0. The summed E-state index contributed by atoms with van der Waals surface area (Å²) < 4.78 is 7.22. The highest BCUT2D eigenvalue weighted by Gasteiger charge is 2.26. The van der Waals surface area contributed by atoms with Crippen LogP contribution in [0.25, 0.3) is 69.8 Å². The predicted molar refractivity (Wildman–Crippen MR) is 179 cm³/mol. The number of benzene rings is 4. The van der Waals surface area contributed by atoms with E-state index < -0.39 is 0 Å². The molecule has 8 aromatic rings. The zero-order valence-corrected chi connectivity index (χ0v) is 25.4. The number of rotatable bonds is 2. The standard InChI is InChI=1S/C38H32N3S/c1-23-25-11-6-7-12-26(25)32(38(2,3)4)22-31(23)35-36-29(18-20-40(35)5)28-17-16-24(21-34(28)42-36)41-33-15-9-8-13-27(33)30-14-10-19-39-37(30)41/h6-22H,1-5H3/q+1. The van der Waals surface area contributed by atoms with Gasteiger partial charge in [-0.05, 0) is 70.6 Å².